The van der Waals surface area contributed by atoms with E-state index in [1.165, 1.54) is 6.07 Å². The largest absolute Gasteiger partial charge is 0.416 e. The Hall–Kier alpha value is -1.31. The molecule has 0 atom stereocenters. The standard InChI is InChI=1S/C17H21F3N2O2.ClH/c18-17(19,20)15-10-13(12-1-3-21-4-2-12)9-14(11-15)16(23)22-5-7-24-8-6-22;/h9-12,21H,1-8H2;1H. The second-order valence-corrected chi connectivity index (χ2v) is 6.27. The highest BCUT2D eigenvalue weighted by Gasteiger charge is 2.33. The van der Waals surface area contributed by atoms with Gasteiger partial charge in [0.25, 0.3) is 5.91 Å². The minimum atomic E-state index is -4.46. The zero-order chi connectivity index (χ0) is 17.2. The molecule has 1 amide bonds. The molecule has 0 spiro atoms. The first kappa shape index (κ1) is 20.0. The maximum atomic E-state index is 13.3. The Balaban J connectivity index is 0.00000225. The summed E-state index contributed by atoms with van der Waals surface area (Å²) in [5.41, 5.74) is -0.00154. The quantitative estimate of drug-likeness (QED) is 0.860. The summed E-state index contributed by atoms with van der Waals surface area (Å²) in [7, 11) is 0. The molecule has 0 bridgehead atoms. The summed E-state index contributed by atoms with van der Waals surface area (Å²) in [6, 6.07) is 3.82. The van der Waals surface area contributed by atoms with Crippen molar-refractivity contribution in [1.82, 2.24) is 10.2 Å². The van der Waals surface area contributed by atoms with Crippen molar-refractivity contribution >= 4 is 18.3 Å². The third-order valence-electron chi connectivity index (χ3n) is 4.64. The van der Waals surface area contributed by atoms with Crippen molar-refractivity contribution in [3.63, 3.8) is 0 Å². The highest BCUT2D eigenvalue weighted by molar-refractivity contribution is 5.94. The minimum absolute atomic E-state index is 0. The topological polar surface area (TPSA) is 41.6 Å². The number of nitrogens with zero attached hydrogens (tertiary/aromatic N) is 1. The number of piperidine rings is 1. The molecule has 0 unspecified atom stereocenters. The lowest BCUT2D eigenvalue weighted by atomic mass is 9.88. The number of alkyl halides is 3. The highest BCUT2D eigenvalue weighted by Crippen LogP contribution is 2.34. The normalized spacial score (nSPS) is 19.4. The van der Waals surface area contributed by atoms with Gasteiger partial charge in [0.05, 0.1) is 18.8 Å². The second kappa shape index (κ2) is 8.38. The van der Waals surface area contributed by atoms with Crippen LogP contribution in [0.15, 0.2) is 18.2 Å². The van der Waals surface area contributed by atoms with E-state index in [1.807, 2.05) is 0 Å². The van der Waals surface area contributed by atoms with Crippen molar-refractivity contribution in [1.29, 1.82) is 0 Å². The van der Waals surface area contributed by atoms with Gasteiger partial charge in [-0.2, -0.15) is 13.2 Å². The molecule has 2 saturated heterocycles. The number of nitrogens with one attached hydrogen (secondary N) is 1. The highest BCUT2D eigenvalue weighted by atomic mass is 35.5. The van der Waals surface area contributed by atoms with Crippen LogP contribution >= 0.6 is 12.4 Å². The van der Waals surface area contributed by atoms with E-state index in [2.05, 4.69) is 5.32 Å². The fourth-order valence-electron chi connectivity index (χ4n) is 3.28. The number of benzene rings is 1. The number of halogens is 4. The van der Waals surface area contributed by atoms with Gasteiger partial charge in [-0.25, -0.2) is 0 Å². The SMILES string of the molecule is Cl.O=C(c1cc(C2CCNCC2)cc(C(F)(F)F)c1)N1CCOCC1. The molecular formula is C17H22ClF3N2O2. The molecule has 2 aliphatic rings. The molecule has 4 nitrogen and oxygen atoms in total. The van der Waals surface area contributed by atoms with Crippen molar-refractivity contribution in [2.45, 2.75) is 24.9 Å². The summed E-state index contributed by atoms with van der Waals surface area (Å²) in [6.45, 7) is 3.24. The Morgan fingerprint density at radius 2 is 1.76 bits per heavy atom. The average Bonchev–Trinajstić information content (AvgIpc) is 2.61. The van der Waals surface area contributed by atoms with E-state index in [4.69, 9.17) is 4.74 Å². The Morgan fingerprint density at radius 3 is 2.36 bits per heavy atom. The summed E-state index contributed by atoms with van der Waals surface area (Å²) < 4.78 is 45.0. The van der Waals surface area contributed by atoms with E-state index < -0.39 is 11.7 Å². The zero-order valence-electron chi connectivity index (χ0n) is 13.8. The predicted octanol–water partition coefficient (Wildman–Crippen LogP) is 3.07. The lowest BCUT2D eigenvalue weighted by Gasteiger charge is -2.28. The molecule has 0 radical (unpaired) electrons. The lowest BCUT2D eigenvalue weighted by molar-refractivity contribution is -0.137. The van der Waals surface area contributed by atoms with Crippen LogP contribution in [0, 0.1) is 0 Å². The Morgan fingerprint density at radius 1 is 1.12 bits per heavy atom. The first-order valence-electron chi connectivity index (χ1n) is 8.25. The second-order valence-electron chi connectivity index (χ2n) is 6.27. The molecule has 1 aromatic carbocycles. The molecule has 1 aromatic rings. The van der Waals surface area contributed by atoms with Gasteiger partial charge in [0.2, 0.25) is 0 Å². The smallest absolute Gasteiger partial charge is 0.378 e. The van der Waals surface area contributed by atoms with Crippen molar-refractivity contribution in [3.05, 3.63) is 34.9 Å². The van der Waals surface area contributed by atoms with E-state index in [0.29, 0.717) is 31.9 Å². The van der Waals surface area contributed by atoms with Crippen molar-refractivity contribution in [2.24, 2.45) is 0 Å². The maximum Gasteiger partial charge on any atom is 0.416 e. The third kappa shape index (κ3) is 4.86. The van der Waals surface area contributed by atoms with Gasteiger partial charge in [0.15, 0.2) is 0 Å². The van der Waals surface area contributed by atoms with E-state index in [0.717, 1.165) is 32.0 Å². The maximum absolute atomic E-state index is 13.3. The number of morpholine rings is 1. The number of ether oxygens (including phenoxy) is 1. The van der Waals surface area contributed by atoms with Crippen LogP contribution in [0.5, 0.6) is 0 Å². The van der Waals surface area contributed by atoms with Crippen LogP contribution in [0.25, 0.3) is 0 Å². The van der Waals surface area contributed by atoms with Crippen LogP contribution in [0.2, 0.25) is 0 Å². The van der Waals surface area contributed by atoms with Crippen molar-refractivity contribution in [3.8, 4) is 0 Å². The zero-order valence-corrected chi connectivity index (χ0v) is 14.6. The molecule has 2 heterocycles. The van der Waals surface area contributed by atoms with Gasteiger partial charge in [0.1, 0.15) is 0 Å². The summed E-state index contributed by atoms with van der Waals surface area (Å²) in [5.74, 6) is -0.288. The molecule has 2 fully saturated rings. The monoisotopic (exact) mass is 378 g/mol. The average molecular weight is 379 g/mol. The summed E-state index contributed by atoms with van der Waals surface area (Å²) >= 11 is 0. The van der Waals surface area contributed by atoms with Gasteiger partial charge >= 0.3 is 6.18 Å². The molecule has 0 aliphatic carbocycles. The molecule has 3 rings (SSSR count). The van der Waals surface area contributed by atoms with E-state index in [1.54, 1.807) is 11.0 Å². The molecular weight excluding hydrogens is 357 g/mol. The van der Waals surface area contributed by atoms with Crippen LogP contribution < -0.4 is 5.32 Å². The Kier molecular flexibility index (Phi) is 6.71. The first-order valence-corrected chi connectivity index (χ1v) is 8.25. The third-order valence-corrected chi connectivity index (χ3v) is 4.64. The summed E-state index contributed by atoms with van der Waals surface area (Å²) in [4.78, 5) is 14.2. The van der Waals surface area contributed by atoms with Crippen LogP contribution in [-0.4, -0.2) is 50.2 Å². The summed E-state index contributed by atoms with van der Waals surface area (Å²) in [6.07, 6.45) is -2.89. The first-order chi connectivity index (χ1) is 11.4. The van der Waals surface area contributed by atoms with E-state index in [-0.39, 0.29) is 29.8 Å². The van der Waals surface area contributed by atoms with Crippen LogP contribution in [0.3, 0.4) is 0 Å². The van der Waals surface area contributed by atoms with E-state index in [9.17, 15) is 18.0 Å². The van der Waals surface area contributed by atoms with Gasteiger partial charge in [0, 0.05) is 18.7 Å². The fourth-order valence-corrected chi connectivity index (χ4v) is 3.28. The van der Waals surface area contributed by atoms with Gasteiger partial charge in [-0.1, -0.05) is 0 Å². The van der Waals surface area contributed by atoms with Crippen LogP contribution in [0.4, 0.5) is 13.2 Å². The molecule has 140 valence electrons. The van der Waals surface area contributed by atoms with Crippen molar-refractivity contribution < 1.29 is 22.7 Å². The number of hydrogen-bond donors (Lipinski definition) is 1. The number of carbonyl (C=O) groups excluding carboxylic acids is 1. The number of carbonyl (C=O) groups is 1. The molecule has 1 N–H and O–H groups in total. The Labute approximate surface area is 151 Å². The van der Waals surface area contributed by atoms with Gasteiger partial charge in [-0.05, 0) is 55.6 Å². The van der Waals surface area contributed by atoms with Gasteiger partial charge in [-0.15, -0.1) is 12.4 Å². The molecule has 0 aromatic heterocycles. The Bertz CT molecular complexity index is 598. The number of amides is 1. The molecule has 2 aliphatic heterocycles. The van der Waals surface area contributed by atoms with Crippen LogP contribution in [0.1, 0.15) is 40.2 Å². The molecule has 0 saturated carbocycles. The molecule has 8 heteroatoms. The van der Waals surface area contributed by atoms with Crippen molar-refractivity contribution in [2.75, 3.05) is 39.4 Å². The van der Waals surface area contributed by atoms with Gasteiger partial charge in [-0.3, -0.25) is 4.79 Å². The fraction of sp³-hybridized carbons (Fsp3) is 0.588. The van der Waals surface area contributed by atoms with Crippen LogP contribution in [-0.2, 0) is 10.9 Å². The number of rotatable bonds is 2. The predicted molar refractivity (Wildman–Crippen MR) is 90.3 cm³/mol. The minimum Gasteiger partial charge on any atom is -0.378 e. The summed E-state index contributed by atoms with van der Waals surface area (Å²) in [5, 5.41) is 3.21. The van der Waals surface area contributed by atoms with Gasteiger partial charge < -0.3 is 15.0 Å². The molecule has 25 heavy (non-hydrogen) atoms. The lowest BCUT2D eigenvalue weighted by Crippen LogP contribution is -2.40. The number of hydrogen-bond acceptors (Lipinski definition) is 3. The van der Waals surface area contributed by atoms with E-state index >= 15 is 0 Å².